The number of Topliss-reactive ketones (excluding diaryl/α,β-unsaturated/α-hetero) is 1. The molecule has 238 valence electrons. The zero-order chi connectivity index (χ0) is 33.1. The second-order valence-corrected chi connectivity index (χ2v) is 16.7. The fraction of sp³-hybridized carbons (Fsp3) is 0.649. The van der Waals surface area contributed by atoms with E-state index in [4.69, 9.17) is 0 Å². The van der Waals surface area contributed by atoms with Crippen LogP contribution in [0.1, 0.15) is 125 Å². The Morgan fingerprint density at radius 3 is 1.98 bits per heavy atom. The number of allylic oxidation sites excluding steroid dienone is 5. The Kier molecular flexibility index (Phi) is 12.5. The molecule has 0 amide bonds. The van der Waals surface area contributed by atoms with Crippen LogP contribution in [0.5, 0.6) is 5.75 Å². The lowest BCUT2D eigenvalue weighted by Crippen LogP contribution is -2.49. The number of rotatable bonds is 5. The first-order valence-electron chi connectivity index (χ1n) is 15.8. The predicted octanol–water partition coefficient (Wildman–Crippen LogP) is 9.04. The Balaban J connectivity index is 0.00000316. The van der Waals surface area contributed by atoms with Gasteiger partial charge in [-0.15, -0.1) is 0 Å². The van der Waals surface area contributed by atoms with Crippen molar-refractivity contribution in [2.45, 2.75) is 138 Å². The van der Waals surface area contributed by atoms with Gasteiger partial charge in [0.05, 0.1) is 0 Å². The molecule has 2 atom stereocenters. The molecule has 0 aliphatic heterocycles. The maximum absolute atomic E-state index is 13.6. The first-order chi connectivity index (χ1) is 19.6. The lowest BCUT2D eigenvalue weighted by atomic mass is 9.73. The molecule has 0 saturated heterocycles. The number of hydrogen-bond donors (Lipinski definition) is 2. The van der Waals surface area contributed by atoms with E-state index < -0.39 is 0 Å². The molecular formula is C37H58AlClN2O2. The Labute approximate surface area is 276 Å². The quantitative estimate of drug-likeness (QED) is 0.253. The van der Waals surface area contributed by atoms with Gasteiger partial charge < -0.3 is 10.4 Å². The number of ketones is 1. The van der Waals surface area contributed by atoms with Gasteiger partial charge in [-0.2, -0.15) is 0 Å². The van der Waals surface area contributed by atoms with Crippen molar-refractivity contribution < 1.29 is 9.90 Å². The Morgan fingerprint density at radius 1 is 0.884 bits per heavy atom. The number of carbonyl (C=O) groups is 1. The van der Waals surface area contributed by atoms with Crippen LogP contribution in [0.2, 0.25) is 0 Å². The van der Waals surface area contributed by atoms with Gasteiger partial charge in [0.15, 0.2) is 5.78 Å². The molecule has 0 bridgehead atoms. The highest BCUT2D eigenvalue weighted by Crippen LogP contribution is 2.40. The second kappa shape index (κ2) is 14.3. The Morgan fingerprint density at radius 2 is 1.47 bits per heavy atom. The molecule has 2 N–H and O–H groups in total. The normalized spacial score (nSPS) is 21.3. The Bertz CT molecular complexity index is 1230. The van der Waals surface area contributed by atoms with Crippen molar-refractivity contribution in [3.05, 3.63) is 63.9 Å². The minimum atomic E-state index is -0.218. The molecule has 0 heterocycles. The van der Waals surface area contributed by atoms with Gasteiger partial charge in [0, 0.05) is 41.5 Å². The lowest BCUT2D eigenvalue weighted by Gasteiger charge is -2.39. The van der Waals surface area contributed by atoms with Crippen LogP contribution in [0.15, 0.2) is 47.2 Å². The third kappa shape index (κ3) is 9.74. The summed E-state index contributed by atoms with van der Waals surface area (Å²) in [6.45, 7) is 26.9. The number of halogens is 1. The van der Waals surface area contributed by atoms with E-state index in [9.17, 15) is 9.90 Å². The van der Waals surface area contributed by atoms with Gasteiger partial charge in [-0.05, 0) is 64.3 Å². The van der Waals surface area contributed by atoms with Gasteiger partial charge in [0.25, 0.3) is 15.4 Å². The second-order valence-electron chi connectivity index (χ2n) is 16.7. The Hall–Kier alpha value is -1.51. The van der Waals surface area contributed by atoms with E-state index in [0.29, 0.717) is 18.3 Å². The van der Waals surface area contributed by atoms with Gasteiger partial charge in [0.1, 0.15) is 5.75 Å². The number of phenols is 1. The molecule has 3 rings (SSSR count). The summed E-state index contributed by atoms with van der Waals surface area (Å²) in [7, 11) is 6.74. The first kappa shape index (κ1) is 37.7. The van der Waals surface area contributed by atoms with Gasteiger partial charge >= 0.3 is 0 Å². The number of benzene rings is 1. The topological polar surface area (TPSA) is 52.6 Å². The van der Waals surface area contributed by atoms with Crippen molar-refractivity contribution in [3.8, 4) is 5.75 Å². The molecule has 1 aromatic rings. The molecule has 1 aromatic carbocycles. The van der Waals surface area contributed by atoms with Crippen LogP contribution in [-0.4, -0.2) is 50.3 Å². The molecule has 0 unspecified atom stereocenters. The summed E-state index contributed by atoms with van der Waals surface area (Å²) in [5.41, 5.74) is 5.66. The molecule has 1 saturated carbocycles. The smallest absolute Gasteiger partial charge is 0.293 e. The highest BCUT2D eigenvalue weighted by molar-refractivity contribution is 6.80. The predicted molar refractivity (Wildman–Crippen MR) is 186 cm³/mol. The highest BCUT2D eigenvalue weighted by Gasteiger charge is 2.33. The van der Waals surface area contributed by atoms with E-state index in [0.717, 1.165) is 35.1 Å². The molecule has 2 radical (unpaired) electrons. The molecule has 2 aliphatic carbocycles. The van der Waals surface area contributed by atoms with Gasteiger partial charge in [-0.3, -0.25) is 19.7 Å². The summed E-state index contributed by atoms with van der Waals surface area (Å²) in [5, 5.41) is 15.1. The summed E-state index contributed by atoms with van der Waals surface area (Å²) in [6.07, 6.45) is 10.7. The molecule has 0 aromatic heterocycles. The van der Waals surface area contributed by atoms with Crippen LogP contribution in [0.4, 0.5) is 0 Å². The van der Waals surface area contributed by atoms with E-state index in [1.165, 1.54) is 24.0 Å². The number of aromatic hydroxyl groups is 1. The summed E-state index contributed by atoms with van der Waals surface area (Å²) < 4.78 is 0. The van der Waals surface area contributed by atoms with Crippen LogP contribution in [0.3, 0.4) is 0 Å². The number of carbonyl (C=O) groups excluding carboxylic acids is 1. The maximum atomic E-state index is 13.6. The SMILES string of the molecule is CN(Cc1cc(C(C)(C)C)cc(C(C)(C)C)c1O)[C@@H]1CCCC[C@H]1N/C=C1/C=C(C(C)(C)C)C=C(C(C)(C)C)C1=O.[Al][Cl]. The zero-order valence-corrected chi connectivity index (χ0v) is 31.2. The van der Waals surface area contributed by atoms with Crippen molar-refractivity contribution >= 4 is 31.2 Å². The van der Waals surface area contributed by atoms with Gasteiger partial charge in [-0.1, -0.05) is 114 Å². The molecule has 0 spiro atoms. The molecular weight excluding hydrogens is 567 g/mol. The third-order valence-corrected chi connectivity index (χ3v) is 8.82. The minimum Gasteiger partial charge on any atom is -0.507 e. The molecule has 4 nitrogen and oxygen atoms in total. The maximum Gasteiger partial charge on any atom is 0.293 e. The summed E-state index contributed by atoms with van der Waals surface area (Å²) >= 11 is 1.89. The standard InChI is InChI=1S/C37H58N2O2.Al.ClH/c1-34(2,3)26-18-24(32(40)28(20-26)36(7,8)9)22-38-30-16-14-15-17-31(30)39(13)23-25-19-27(35(4,5)6)21-29(33(25)41)37(10,11)12;;/h18-22,30-31,38,41H,14-17,23H2,1-13H3;;1H/q;+1;/p-1/b24-22-;;/t30-,31-;;/m1../s1. The van der Waals surface area contributed by atoms with Crippen molar-refractivity contribution in [2.75, 3.05) is 7.05 Å². The molecule has 2 aliphatic rings. The van der Waals surface area contributed by atoms with Gasteiger partial charge in [0.2, 0.25) is 0 Å². The van der Waals surface area contributed by atoms with E-state index in [1.54, 1.807) is 0 Å². The molecule has 6 heteroatoms. The van der Waals surface area contributed by atoms with Crippen LogP contribution in [0.25, 0.3) is 0 Å². The van der Waals surface area contributed by atoms with Crippen molar-refractivity contribution in [1.29, 1.82) is 0 Å². The number of likely N-dealkylation sites (N-methyl/N-ethyl adjacent to an activating group) is 1. The first-order valence-corrected chi connectivity index (χ1v) is 17.6. The lowest BCUT2D eigenvalue weighted by molar-refractivity contribution is -0.112. The van der Waals surface area contributed by atoms with Crippen molar-refractivity contribution in [1.82, 2.24) is 10.2 Å². The highest BCUT2D eigenvalue weighted by atomic mass is 35.6. The fourth-order valence-corrected chi connectivity index (χ4v) is 5.98. The number of phenolic OH excluding ortho intramolecular Hbond substituents is 1. The number of nitrogens with one attached hydrogen (secondary N) is 1. The van der Waals surface area contributed by atoms with E-state index in [-0.39, 0.29) is 33.5 Å². The number of hydrogen-bond acceptors (Lipinski definition) is 4. The minimum absolute atomic E-state index is 0.00551. The average Bonchev–Trinajstić information content (AvgIpc) is 2.87. The largest absolute Gasteiger partial charge is 0.507 e. The van der Waals surface area contributed by atoms with Crippen LogP contribution in [0, 0.1) is 10.8 Å². The fourth-order valence-electron chi connectivity index (χ4n) is 5.98. The van der Waals surface area contributed by atoms with E-state index in [1.807, 2.05) is 21.6 Å². The zero-order valence-electron chi connectivity index (χ0n) is 29.3. The van der Waals surface area contributed by atoms with Crippen molar-refractivity contribution in [2.24, 2.45) is 10.8 Å². The summed E-state index contributed by atoms with van der Waals surface area (Å²) in [5.74, 6) is 0.547. The van der Waals surface area contributed by atoms with Crippen molar-refractivity contribution in [3.63, 3.8) is 0 Å². The number of nitrogens with zero attached hydrogens (tertiary/aromatic N) is 1. The van der Waals surface area contributed by atoms with Crippen LogP contribution in [-0.2, 0) is 22.2 Å². The van der Waals surface area contributed by atoms with E-state index in [2.05, 4.69) is 135 Å². The molecule has 1 fully saturated rings. The van der Waals surface area contributed by atoms with Crippen LogP contribution >= 0.6 is 10.0 Å². The van der Waals surface area contributed by atoms with Gasteiger partial charge in [-0.25, -0.2) is 0 Å². The third-order valence-electron chi connectivity index (χ3n) is 8.82. The summed E-state index contributed by atoms with van der Waals surface area (Å²) in [6, 6.07) is 4.93. The summed E-state index contributed by atoms with van der Waals surface area (Å²) in [4.78, 5) is 16.0. The van der Waals surface area contributed by atoms with E-state index >= 15 is 0 Å². The molecule has 43 heavy (non-hydrogen) atoms. The monoisotopic (exact) mass is 624 g/mol. The van der Waals surface area contributed by atoms with Crippen LogP contribution < -0.4 is 5.32 Å². The average molecular weight is 625 g/mol.